The van der Waals surface area contributed by atoms with Gasteiger partial charge in [-0.05, 0) is 36.6 Å². The minimum atomic E-state index is -1.27. The largest absolute Gasteiger partial charge is 0.396 e. The van der Waals surface area contributed by atoms with Crippen LogP contribution >= 0.6 is 0 Å². The molecule has 2 aromatic rings. The summed E-state index contributed by atoms with van der Waals surface area (Å²) in [7, 11) is 0. The average molecular weight is 323 g/mol. The molecule has 23 heavy (non-hydrogen) atoms. The van der Waals surface area contributed by atoms with Crippen LogP contribution in [0.25, 0.3) is 0 Å². The van der Waals surface area contributed by atoms with Crippen LogP contribution in [-0.2, 0) is 6.42 Å². The fourth-order valence-electron chi connectivity index (χ4n) is 2.22. The van der Waals surface area contributed by atoms with Gasteiger partial charge in [-0.2, -0.15) is 0 Å². The smallest absolute Gasteiger partial charge is 0.251 e. The van der Waals surface area contributed by atoms with E-state index in [4.69, 9.17) is 5.11 Å². The van der Waals surface area contributed by atoms with Gasteiger partial charge in [-0.1, -0.05) is 18.2 Å². The summed E-state index contributed by atoms with van der Waals surface area (Å²) in [5.74, 6) is -3.69. The number of aliphatic hydroxyl groups excluding tert-OH is 1. The quantitative estimate of drug-likeness (QED) is 0.803. The van der Waals surface area contributed by atoms with Crippen molar-refractivity contribution >= 4 is 5.91 Å². The molecule has 0 spiro atoms. The van der Waals surface area contributed by atoms with E-state index in [9.17, 15) is 18.0 Å². The van der Waals surface area contributed by atoms with Crippen LogP contribution in [0.3, 0.4) is 0 Å². The summed E-state index contributed by atoms with van der Waals surface area (Å²) in [4.78, 5) is 12.1. The van der Waals surface area contributed by atoms with Gasteiger partial charge in [0.25, 0.3) is 5.91 Å². The van der Waals surface area contributed by atoms with E-state index < -0.39 is 23.5 Å². The standard InChI is InChI=1S/C17H16F3NO2/c18-14-10-16(20)15(19)9-12(14)8-13(6-7-22)21-17(23)11-4-2-1-3-5-11/h1-5,9-10,13,22H,6-8H2,(H,21,23)/t13-/m0/s1. The fraction of sp³-hybridized carbons (Fsp3) is 0.235. The van der Waals surface area contributed by atoms with Crippen LogP contribution in [0.1, 0.15) is 22.3 Å². The van der Waals surface area contributed by atoms with E-state index in [1.165, 1.54) is 0 Å². The Kier molecular flexibility index (Phi) is 5.76. The third-order valence-corrected chi connectivity index (χ3v) is 3.40. The maximum absolute atomic E-state index is 13.7. The van der Waals surface area contributed by atoms with Crippen LogP contribution in [0.2, 0.25) is 0 Å². The molecule has 122 valence electrons. The molecule has 0 aliphatic carbocycles. The predicted molar refractivity (Wildman–Crippen MR) is 79.4 cm³/mol. The molecular formula is C17H16F3NO2. The number of halogens is 3. The van der Waals surface area contributed by atoms with Gasteiger partial charge in [-0.25, -0.2) is 13.2 Å². The first-order chi connectivity index (χ1) is 11.0. The van der Waals surface area contributed by atoms with Crippen molar-refractivity contribution in [2.45, 2.75) is 18.9 Å². The summed E-state index contributed by atoms with van der Waals surface area (Å²) in [6, 6.07) is 9.03. The molecule has 1 atom stereocenters. The normalized spacial score (nSPS) is 12.0. The van der Waals surface area contributed by atoms with Crippen LogP contribution in [0.4, 0.5) is 13.2 Å². The first-order valence-electron chi connectivity index (χ1n) is 7.11. The number of carbonyl (C=O) groups is 1. The molecule has 6 heteroatoms. The van der Waals surface area contributed by atoms with Gasteiger partial charge in [0.2, 0.25) is 0 Å². The molecule has 0 radical (unpaired) electrons. The van der Waals surface area contributed by atoms with Crippen LogP contribution in [-0.4, -0.2) is 23.7 Å². The predicted octanol–water partition coefficient (Wildman–Crippen LogP) is 2.83. The van der Waals surface area contributed by atoms with E-state index in [2.05, 4.69) is 5.32 Å². The van der Waals surface area contributed by atoms with Crippen LogP contribution < -0.4 is 5.32 Å². The molecule has 0 saturated carbocycles. The van der Waals surface area contributed by atoms with Gasteiger partial charge in [0.15, 0.2) is 11.6 Å². The van der Waals surface area contributed by atoms with Crippen molar-refractivity contribution in [3.05, 3.63) is 71.0 Å². The van der Waals surface area contributed by atoms with Crippen LogP contribution in [0, 0.1) is 17.5 Å². The van der Waals surface area contributed by atoms with E-state index in [1.54, 1.807) is 30.3 Å². The Bertz CT molecular complexity index is 677. The molecule has 2 rings (SSSR count). The Balaban J connectivity index is 2.13. The van der Waals surface area contributed by atoms with E-state index in [0.717, 1.165) is 6.07 Å². The lowest BCUT2D eigenvalue weighted by molar-refractivity contribution is 0.0930. The van der Waals surface area contributed by atoms with Gasteiger partial charge >= 0.3 is 0 Å². The zero-order valence-corrected chi connectivity index (χ0v) is 12.2. The fourth-order valence-corrected chi connectivity index (χ4v) is 2.22. The van der Waals surface area contributed by atoms with Crippen molar-refractivity contribution in [3.8, 4) is 0 Å². The lowest BCUT2D eigenvalue weighted by Crippen LogP contribution is -2.37. The van der Waals surface area contributed by atoms with Crippen molar-refractivity contribution < 1.29 is 23.1 Å². The lowest BCUT2D eigenvalue weighted by Gasteiger charge is -2.18. The number of hydrogen-bond acceptors (Lipinski definition) is 2. The molecule has 0 aliphatic rings. The molecular weight excluding hydrogens is 307 g/mol. The second kappa shape index (κ2) is 7.78. The molecule has 0 aliphatic heterocycles. The van der Waals surface area contributed by atoms with Crippen molar-refractivity contribution in [3.63, 3.8) is 0 Å². The molecule has 0 bridgehead atoms. The Labute approximate surface area is 131 Å². The van der Waals surface area contributed by atoms with Gasteiger partial charge in [0, 0.05) is 24.3 Å². The van der Waals surface area contributed by atoms with E-state index in [0.29, 0.717) is 11.6 Å². The third-order valence-electron chi connectivity index (χ3n) is 3.40. The number of aliphatic hydroxyl groups is 1. The molecule has 0 fully saturated rings. The van der Waals surface area contributed by atoms with Gasteiger partial charge in [-0.15, -0.1) is 0 Å². The highest BCUT2D eigenvalue weighted by Crippen LogP contribution is 2.16. The molecule has 0 aromatic heterocycles. The average Bonchev–Trinajstić information content (AvgIpc) is 2.53. The van der Waals surface area contributed by atoms with Gasteiger partial charge in [0.05, 0.1) is 0 Å². The summed E-state index contributed by atoms with van der Waals surface area (Å²) < 4.78 is 39.9. The Morgan fingerprint density at radius 1 is 1.04 bits per heavy atom. The van der Waals surface area contributed by atoms with E-state index in [1.807, 2.05) is 0 Å². The molecule has 0 unspecified atom stereocenters. The molecule has 1 amide bonds. The van der Waals surface area contributed by atoms with Crippen molar-refractivity contribution in [2.24, 2.45) is 0 Å². The monoisotopic (exact) mass is 323 g/mol. The SMILES string of the molecule is O=C(N[C@@H](CCO)Cc1cc(F)c(F)cc1F)c1ccccc1. The summed E-state index contributed by atoms with van der Waals surface area (Å²) >= 11 is 0. The maximum atomic E-state index is 13.7. The van der Waals surface area contributed by atoms with Gasteiger partial charge in [0.1, 0.15) is 5.82 Å². The summed E-state index contributed by atoms with van der Waals surface area (Å²) in [5, 5.41) is 11.7. The highest BCUT2D eigenvalue weighted by molar-refractivity contribution is 5.94. The summed E-state index contributed by atoms with van der Waals surface area (Å²) in [6.45, 7) is -0.231. The second-order valence-electron chi connectivity index (χ2n) is 5.11. The minimum Gasteiger partial charge on any atom is -0.396 e. The lowest BCUT2D eigenvalue weighted by atomic mass is 10.0. The molecule has 2 aromatic carbocycles. The van der Waals surface area contributed by atoms with Crippen molar-refractivity contribution in [2.75, 3.05) is 6.61 Å². The molecule has 0 saturated heterocycles. The molecule has 3 nitrogen and oxygen atoms in total. The number of benzene rings is 2. The number of amides is 1. The van der Waals surface area contributed by atoms with Crippen LogP contribution in [0.5, 0.6) is 0 Å². The highest BCUT2D eigenvalue weighted by atomic mass is 19.2. The van der Waals surface area contributed by atoms with E-state index >= 15 is 0 Å². The number of rotatable bonds is 6. The first kappa shape index (κ1) is 17.0. The zero-order valence-electron chi connectivity index (χ0n) is 12.2. The van der Waals surface area contributed by atoms with Gasteiger partial charge < -0.3 is 10.4 Å². The molecule has 2 N–H and O–H groups in total. The summed E-state index contributed by atoms with van der Waals surface area (Å²) in [5.41, 5.74) is 0.358. The zero-order chi connectivity index (χ0) is 16.8. The van der Waals surface area contributed by atoms with Crippen LogP contribution in [0.15, 0.2) is 42.5 Å². The molecule has 0 heterocycles. The number of carbonyl (C=O) groups excluding carboxylic acids is 1. The van der Waals surface area contributed by atoms with Crippen molar-refractivity contribution in [1.29, 1.82) is 0 Å². The Hall–Kier alpha value is -2.34. The highest BCUT2D eigenvalue weighted by Gasteiger charge is 2.17. The minimum absolute atomic E-state index is 0.0534. The topological polar surface area (TPSA) is 49.3 Å². The second-order valence-corrected chi connectivity index (χ2v) is 5.11. The summed E-state index contributed by atoms with van der Waals surface area (Å²) in [6.07, 6.45) is 0.110. The Morgan fingerprint density at radius 3 is 2.35 bits per heavy atom. The van der Waals surface area contributed by atoms with Gasteiger partial charge in [-0.3, -0.25) is 4.79 Å². The van der Waals surface area contributed by atoms with Crippen molar-refractivity contribution in [1.82, 2.24) is 5.32 Å². The number of hydrogen-bond donors (Lipinski definition) is 2. The first-order valence-corrected chi connectivity index (χ1v) is 7.11. The van der Waals surface area contributed by atoms with E-state index in [-0.39, 0.29) is 30.9 Å². The maximum Gasteiger partial charge on any atom is 0.251 e. The number of nitrogens with one attached hydrogen (secondary N) is 1. The third kappa shape index (κ3) is 4.56. The Morgan fingerprint density at radius 2 is 1.70 bits per heavy atom.